The molecule has 24 heavy (non-hydrogen) atoms. The van der Waals surface area contributed by atoms with Gasteiger partial charge in [0.15, 0.2) is 5.16 Å². The summed E-state index contributed by atoms with van der Waals surface area (Å²) in [5, 5.41) is 0.702. The van der Waals surface area contributed by atoms with Gasteiger partial charge in [0.1, 0.15) is 0 Å². The Hall–Kier alpha value is -1.63. The van der Waals surface area contributed by atoms with Crippen LogP contribution < -0.4 is 5.73 Å². The molecule has 1 fully saturated rings. The molecular formula is C17H24N4O2S. The van der Waals surface area contributed by atoms with Crippen LogP contribution in [0.4, 0.5) is 0 Å². The van der Waals surface area contributed by atoms with E-state index in [9.17, 15) is 9.59 Å². The lowest BCUT2D eigenvalue weighted by Crippen LogP contribution is -2.42. The highest BCUT2D eigenvalue weighted by Gasteiger charge is 2.26. The van der Waals surface area contributed by atoms with Gasteiger partial charge in [-0.25, -0.2) is 9.97 Å². The van der Waals surface area contributed by atoms with Gasteiger partial charge in [-0.2, -0.15) is 0 Å². The van der Waals surface area contributed by atoms with Gasteiger partial charge in [-0.3, -0.25) is 9.59 Å². The third kappa shape index (κ3) is 3.88. The summed E-state index contributed by atoms with van der Waals surface area (Å²) >= 11 is 1.41. The maximum absolute atomic E-state index is 12.4. The van der Waals surface area contributed by atoms with E-state index in [1.807, 2.05) is 11.8 Å². The van der Waals surface area contributed by atoms with E-state index in [1.54, 1.807) is 0 Å². The van der Waals surface area contributed by atoms with Gasteiger partial charge in [0.2, 0.25) is 11.8 Å². The normalized spacial score (nSPS) is 18.3. The number of carbonyl (C=O) groups excluding carboxylic acids is 2. The number of carbonyl (C=O) groups is 2. The quantitative estimate of drug-likeness (QED) is 0.657. The first-order chi connectivity index (χ1) is 11.5. The Labute approximate surface area is 146 Å². The molecule has 130 valence electrons. The van der Waals surface area contributed by atoms with Gasteiger partial charge in [-0.05, 0) is 51.0 Å². The highest BCUT2D eigenvalue weighted by atomic mass is 32.2. The zero-order valence-electron chi connectivity index (χ0n) is 14.1. The number of primary amides is 1. The summed E-state index contributed by atoms with van der Waals surface area (Å²) in [7, 11) is 0. The number of piperidine rings is 1. The number of amides is 2. The molecule has 0 spiro atoms. The van der Waals surface area contributed by atoms with Crippen molar-refractivity contribution in [3.05, 3.63) is 17.0 Å². The topological polar surface area (TPSA) is 89.2 Å². The van der Waals surface area contributed by atoms with Gasteiger partial charge in [0.05, 0.1) is 5.75 Å². The average molecular weight is 348 g/mol. The Morgan fingerprint density at radius 1 is 1.21 bits per heavy atom. The summed E-state index contributed by atoms with van der Waals surface area (Å²) in [6.45, 7) is 3.25. The molecule has 2 heterocycles. The molecule has 3 rings (SSSR count). The van der Waals surface area contributed by atoms with Gasteiger partial charge in [0.25, 0.3) is 0 Å². The molecule has 6 nitrogen and oxygen atoms in total. The second-order valence-corrected chi connectivity index (χ2v) is 7.51. The van der Waals surface area contributed by atoms with E-state index in [1.165, 1.54) is 30.2 Å². The lowest BCUT2D eigenvalue weighted by atomic mass is 9.95. The van der Waals surface area contributed by atoms with E-state index < -0.39 is 0 Å². The monoisotopic (exact) mass is 348 g/mol. The number of hydrogen-bond acceptors (Lipinski definition) is 5. The zero-order valence-corrected chi connectivity index (χ0v) is 14.9. The van der Waals surface area contributed by atoms with Crippen LogP contribution in [0.3, 0.4) is 0 Å². The van der Waals surface area contributed by atoms with Crippen molar-refractivity contribution in [3.8, 4) is 0 Å². The third-order valence-corrected chi connectivity index (χ3v) is 5.78. The first kappa shape index (κ1) is 17.2. The summed E-state index contributed by atoms with van der Waals surface area (Å²) in [5.41, 5.74) is 8.84. The highest BCUT2D eigenvalue weighted by Crippen LogP contribution is 2.25. The van der Waals surface area contributed by atoms with E-state index >= 15 is 0 Å². The Bertz CT molecular complexity index is 642. The van der Waals surface area contributed by atoms with Crippen molar-refractivity contribution in [2.24, 2.45) is 11.7 Å². The number of nitrogens with zero attached hydrogens (tertiary/aromatic N) is 3. The van der Waals surface area contributed by atoms with Crippen molar-refractivity contribution in [1.29, 1.82) is 0 Å². The minimum atomic E-state index is -0.255. The van der Waals surface area contributed by atoms with Crippen LogP contribution >= 0.6 is 11.8 Å². The smallest absolute Gasteiger partial charge is 0.233 e. The molecule has 2 aliphatic rings. The molecule has 1 aliphatic carbocycles. The van der Waals surface area contributed by atoms with Crippen LogP contribution in [-0.2, 0) is 22.4 Å². The summed E-state index contributed by atoms with van der Waals surface area (Å²) in [5.74, 6) is 0.0871. The average Bonchev–Trinajstić information content (AvgIpc) is 2.60. The number of hydrogen-bond donors (Lipinski definition) is 1. The zero-order chi connectivity index (χ0) is 17.1. The number of aromatic nitrogens is 2. The van der Waals surface area contributed by atoms with Gasteiger partial charge in [0, 0.05) is 30.4 Å². The number of nitrogens with two attached hydrogens (primary N) is 1. The van der Waals surface area contributed by atoms with E-state index in [4.69, 9.17) is 5.73 Å². The number of fused-ring (bicyclic) bond motifs is 1. The summed E-state index contributed by atoms with van der Waals surface area (Å²) in [6, 6.07) is 0. The summed E-state index contributed by atoms with van der Waals surface area (Å²) < 4.78 is 0. The Morgan fingerprint density at radius 3 is 2.62 bits per heavy atom. The largest absolute Gasteiger partial charge is 0.369 e. The number of aryl methyl sites for hydroxylation is 2. The molecule has 0 unspecified atom stereocenters. The molecule has 0 aromatic carbocycles. The lowest BCUT2D eigenvalue weighted by molar-refractivity contribution is -0.132. The van der Waals surface area contributed by atoms with Gasteiger partial charge in [-0.1, -0.05) is 11.8 Å². The van der Waals surface area contributed by atoms with Crippen molar-refractivity contribution in [1.82, 2.24) is 14.9 Å². The highest BCUT2D eigenvalue weighted by molar-refractivity contribution is 7.99. The van der Waals surface area contributed by atoms with Crippen molar-refractivity contribution >= 4 is 23.6 Å². The van der Waals surface area contributed by atoms with Crippen molar-refractivity contribution in [2.75, 3.05) is 18.8 Å². The SMILES string of the molecule is Cc1nc(SCC(=O)N2CCC(C(N)=O)CC2)nc2c1CCCC2. The molecule has 1 aromatic rings. The minimum absolute atomic E-state index is 0.0851. The molecule has 0 bridgehead atoms. The maximum Gasteiger partial charge on any atom is 0.233 e. The molecule has 2 N–H and O–H groups in total. The van der Waals surface area contributed by atoms with Crippen molar-refractivity contribution in [3.63, 3.8) is 0 Å². The van der Waals surface area contributed by atoms with E-state index in [0.717, 1.165) is 24.2 Å². The lowest BCUT2D eigenvalue weighted by Gasteiger charge is -2.30. The summed E-state index contributed by atoms with van der Waals surface area (Å²) in [6.07, 6.45) is 5.81. The molecule has 1 saturated heterocycles. The molecule has 0 radical (unpaired) electrons. The second-order valence-electron chi connectivity index (χ2n) is 6.57. The van der Waals surface area contributed by atoms with Crippen LogP contribution in [0.2, 0.25) is 0 Å². The Balaban J connectivity index is 1.55. The first-order valence-electron chi connectivity index (χ1n) is 8.61. The van der Waals surface area contributed by atoms with Gasteiger partial charge < -0.3 is 10.6 Å². The fraction of sp³-hybridized carbons (Fsp3) is 0.647. The third-order valence-electron chi connectivity index (χ3n) is 4.94. The van der Waals surface area contributed by atoms with Crippen molar-refractivity contribution in [2.45, 2.75) is 50.6 Å². The predicted octanol–water partition coefficient (Wildman–Crippen LogP) is 1.48. The van der Waals surface area contributed by atoms with E-state index in [0.29, 0.717) is 36.8 Å². The second kappa shape index (κ2) is 7.51. The van der Waals surface area contributed by atoms with E-state index in [2.05, 4.69) is 9.97 Å². The fourth-order valence-electron chi connectivity index (χ4n) is 3.45. The van der Waals surface area contributed by atoms with Crippen LogP contribution in [-0.4, -0.2) is 45.5 Å². The molecule has 2 amide bonds. The molecule has 0 atom stereocenters. The van der Waals surface area contributed by atoms with Crippen molar-refractivity contribution < 1.29 is 9.59 Å². The molecule has 1 aliphatic heterocycles. The predicted molar refractivity (Wildman–Crippen MR) is 92.6 cm³/mol. The summed E-state index contributed by atoms with van der Waals surface area (Å²) in [4.78, 5) is 34.6. The van der Waals surface area contributed by atoms with Crippen LogP contribution in [0.25, 0.3) is 0 Å². The van der Waals surface area contributed by atoms with E-state index in [-0.39, 0.29) is 17.7 Å². The molecule has 1 aromatic heterocycles. The molecule has 7 heteroatoms. The fourth-order valence-corrected chi connectivity index (χ4v) is 4.26. The maximum atomic E-state index is 12.4. The first-order valence-corrected chi connectivity index (χ1v) is 9.59. The standard InChI is InChI=1S/C17H24N4O2S/c1-11-13-4-2-3-5-14(13)20-17(19-11)24-10-15(22)21-8-6-12(7-9-21)16(18)23/h12H,2-10H2,1H3,(H2,18,23). The molecule has 0 saturated carbocycles. The van der Waals surface area contributed by atoms with Gasteiger partial charge >= 0.3 is 0 Å². The minimum Gasteiger partial charge on any atom is -0.369 e. The van der Waals surface area contributed by atoms with Crippen LogP contribution in [0.15, 0.2) is 5.16 Å². The Kier molecular flexibility index (Phi) is 5.38. The van der Waals surface area contributed by atoms with Crippen LogP contribution in [0.5, 0.6) is 0 Å². The Morgan fingerprint density at radius 2 is 1.92 bits per heavy atom. The number of thioether (sulfide) groups is 1. The number of likely N-dealkylation sites (tertiary alicyclic amines) is 1. The van der Waals surface area contributed by atoms with Crippen LogP contribution in [0.1, 0.15) is 42.6 Å². The molecular weight excluding hydrogens is 324 g/mol. The number of rotatable bonds is 4. The van der Waals surface area contributed by atoms with Gasteiger partial charge in [-0.15, -0.1) is 0 Å². The van der Waals surface area contributed by atoms with Crippen LogP contribution in [0, 0.1) is 12.8 Å².